The van der Waals surface area contributed by atoms with Gasteiger partial charge in [0.25, 0.3) is 0 Å². The van der Waals surface area contributed by atoms with E-state index in [1.54, 1.807) is 0 Å². The lowest BCUT2D eigenvalue weighted by molar-refractivity contribution is 1.37. The summed E-state index contributed by atoms with van der Waals surface area (Å²) in [6.07, 6.45) is 4.15. The summed E-state index contributed by atoms with van der Waals surface area (Å²) >= 11 is -0.536. The average Bonchev–Trinajstić information content (AvgIpc) is 3.02. The Morgan fingerprint density at radius 3 is 1.80 bits per heavy atom. The minimum Gasteiger partial charge on any atom is -0.297 e. The summed E-state index contributed by atoms with van der Waals surface area (Å²) in [6, 6.07) is 15.7. The van der Waals surface area contributed by atoms with Crippen LogP contribution >= 0.6 is 11.1 Å². The Balaban J connectivity index is 2.27. The van der Waals surface area contributed by atoms with Crippen LogP contribution in [0.3, 0.4) is 0 Å². The minimum absolute atomic E-state index is 0.120. The number of pyridine rings is 1. The van der Waals surface area contributed by atoms with Crippen LogP contribution in [0, 0.1) is 0 Å². The van der Waals surface area contributed by atoms with Crippen molar-refractivity contribution in [2.45, 2.75) is 0 Å². The third-order valence-corrected chi connectivity index (χ3v) is 5.42. The highest BCUT2D eigenvalue weighted by atomic mass is 32.2. The molecule has 0 spiro atoms. The molecule has 0 saturated heterocycles. The lowest BCUT2D eigenvalue weighted by Crippen LogP contribution is -2.09. The van der Waals surface area contributed by atoms with Crippen LogP contribution in [0.5, 0.6) is 0 Å². The number of hydrogen-bond donors (Lipinski definition) is 1. The van der Waals surface area contributed by atoms with Gasteiger partial charge in [0.1, 0.15) is 0 Å². The summed E-state index contributed by atoms with van der Waals surface area (Å²) in [4.78, 5) is 12.6. The lowest BCUT2D eigenvalue weighted by atomic mass is 10.1. The monoisotopic (exact) mass is 279 g/mol. The molecule has 0 N–H and O–H groups in total. The van der Waals surface area contributed by atoms with Crippen molar-refractivity contribution >= 4 is 32.9 Å². The van der Waals surface area contributed by atoms with Gasteiger partial charge in [-0.1, -0.05) is 36.4 Å². The molecular weight excluding hydrogens is 266 g/mol. The van der Waals surface area contributed by atoms with Crippen molar-refractivity contribution in [3.8, 4) is 0 Å². The topological polar surface area (TPSA) is 22.0 Å². The molecule has 0 fully saturated rings. The Kier molecular flexibility index (Phi) is 2.54. The van der Waals surface area contributed by atoms with Gasteiger partial charge in [0, 0.05) is 10.8 Å². The molecule has 0 amide bonds. The molecule has 0 bridgehead atoms. The molecule has 0 radical (unpaired) electrons. The van der Waals surface area contributed by atoms with E-state index in [-0.39, 0.29) is 5.43 Å². The normalized spacial score (nSPS) is 15.5. The zero-order chi connectivity index (χ0) is 13.5. The van der Waals surface area contributed by atoms with Crippen LogP contribution in [-0.2, 0) is 0 Å². The smallest absolute Gasteiger partial charge is 0.197 e. The van der Waals surface area contributed by atoms with Crippen LogP contribution in [0.15, 0.2) is 76.3 Å². The fraction of sp³-hybridized carbons (Fsp3) is 0. The summed E-state index contributed by atoms with van der Waals surface area (Å²) < 4.78 is 2.29. The Morgan fingerprint density at radius 2 is 1.25 bits per heavy atom. The zero-order valence-electron chi connectivity index (χ0n) is 10.7. The van der Waals surface area contributed by atoms with E-state index in [0.29, 0.717) is 0 Å². The maximum atomic E-state index is 12.6. The predicted octanol–water partition coefficient (Wildman–Crippen LogP) is 3.96. The Hall–Kier alpha value is -2.26. The molecular formula is C17H13NOS. The summed E-state index contributed by atoms with van der Waals surface area (Å²) in [5, 5.41) is 6.00. The van der Waals surface area contributed by atoms with E-state index in [1.807, 2.05) is 48.5 Å². The van der Waals surface area contributed by atoms with Gasteiger partial charge in [-0.15, -0.1) is 11.1 Å². The molecule has 3 aromatic rings. The molecule has 2 nitrogen and oxygen atoms in total. The molecule has 20 heavy (non-hydrogen) atoms. The van der Waals surface area contributed by atoms with Crippen molar-refractivity contribution in [1.82, 2.24) is 3.97 Å². The number of hydrogen-bond acceptors (Lipinski definition) is 1. The van der Waals surface area contributed by atoms with Crippen molar-refractivity contribution in [1.29, 1.82) is 0 Å². The van der Waals surface area contributed by atoms with Crippen LogP contribution in [0.25, 0.3) is 21.8 Å². The lowest BCUT2D eigenvalue weighted by Gasteiger charge is -2.21. The first-order valence-corrected chi connectivity index (χ1v) is 7.96. The second-order valence-corrected chi connectivity index (χ2v) is 6.49. The Morgan fingerprint density at radius 1 is 0.750 bits per heavy atom. The van der Waals surface area contributed by atoms with Gasteiger partial charge in [-0.3, -0.25) is 8.77 Å². The van der Waals surface area contributed by atoms with E-state index in [9.17, 15) is 4.79 Å². The summed E-state index contributed by atoms with van der Waals surface area (Å²) in [5.74, 6) is 0. The predicted molar refractivity (Wildman–Crippen MR) is 88.4 cm³/mol. The van der Waals surface area contributed by atoms with Gasteiger partial charge in [0.2, 0.25) is 0 Å². The molecule has 2 heterocycles. The van der Waals surface area contributed by atoms with Crippen LogP contribution < -0.4 is 5.43 Å². The first kappa shape index (κ1) is 11.6. The van der Waals surface area contributed by atoms with E-state index >= 15 is 0 Å². The number of para-hydroxylation sites is 2. The fourth-order valence-corrected chi connectivity index (χ4v) is 4.45. The van der Waals surface area contributed by atoms with Crippen molar-refractivity contribution < 1.29 is 0 Å². The molecule has 0 aliphatic carbocycles. The summed E-state index contributed by atoms with van der Waals surface area (Å²) in [5.41, 5.74) is 2.15. The number of rotatable bonds is 1. The Bertz CT molecular complexity index is 865. The molecule has 98 valence electrons. The van der Waals surface area contributed by atoms with Gasteiger partial charge in [-0.05, 0) is 35.1 Å². The van der Waals surface area contributed by atoms with Crippen molar-refractivity contribution in [2.24, 2.45) is 0 Å². The first-order valence-electron chi connectivity index (χ1n) is 6.52. The second kappa shape index (κ2) is 4.39. The third kappa shape index (κ3) is 1.57. The van der Waals surface area contributed by atoms with Crippen LogP contribution in [-0.4, -0.2) is 3.97 Å². The molecule has 2 aromatic carbocycles. The average molecular weight is 279 g/mol. The summed E-state index contributed by atoms with van der Waals surface area (Å²) in [7, 11) is 0. The zero-order valence-corrected chi connectivity index (χ0v) is 11.6. The molecule has 1 aromatic heterocycles. The summed E-state index contributed by atoms with van der Waals surface area (Å²) in [6.45, 7) is 0. The van der Waals surface area contributed by atoms with E-state index in [4.69, 9.17) is 0 Å². The molecule has 1 aliphatic heterocycles. The largest absolute Gasteiger partial charge is 0.297 e. The van der Waals surface area contributed by atoms with Gasteiger partial charge >= 0.3 is 0 Å². The van der Waals surface area contributed by atoms with Crippen LogP contribution in [0.2, 0.25) is 0 Å². The van der Waals surface area contributed by atoms with E-state index in [0.717, 1.165) is 21.8 Å². The number of thiol groups is 1. The van der Waals surface area contributed by atoms with Gasteiger partial charge in [0.05, 0.1) is 11.0 Å². The van der Waals surface area contributed by atoms with Gasteiger partial charge < -0.3 is 0 Å². The van der Waals surface area contributed by atoms with Crippen molar-refractivity contribution in [2.75, 3.05) is 0 Å². The standard InChI is InChI=1S/C17H13NOS/c19-17-13-7-1-3-9-15(13)18(20-11-5-6-12-20)16-10-4-2-8-14(16)17/h1-12,20H. The third-order valence-electron chi connectivity index (χ3n) is 3.57. The number of nitrogens with zero attached hydrogens (tertiary/aromatic N) is 1. The number of fused-ring (bicyclic) bond motifs is 2. The number of allylic oxidation sites excluding steroid dienone is 2. The highest BCUT2D eigenvalue weighted by Gasteiger charge is 2.13. The maximum absolute atomic E-state index is 12.6. The van der Waals surface area contributed by atoms with Crippen molar-refractivity contribution in [3.05, 3.63) is 81.7 Å². The SMILES string of the molecule is O=c1c2ccccc2n([SH]2C=CC=C2)c2ccccc12. The molecule has 0 unspecified atom stereocenters. The molecule has 0 saturated carbocycles. The second-order valence-electron chi connectivity index (χ2n) is 4.74. The van der Waals surface area contributed by atoms with E-state index in [2.05, 4.69) is 26.9 Å². The van der Waals surface area contributed by atoms with Crippen molar-refractivity contribution in [3.63, 3.8) is 0 Å². The van der Waals surface area contributed by atoms with E-state index < -0.39 is 11.1 Å². The van der Waals surface area contributed by atoms with Crippen LogP contribution in [0.1, 0.15) is 0 Å². The van der Waals surface area contributed by atoms with Crippen LogP contribution in [0.4, 0.5) is 0 Å². The highest BCUT2D eigenvalue weighted by molar-refractivity contribution is 8.21. The molecule has 3 heteroatoms. The molecule has 0 atom stereocenters. The van der Waals surface area contributed by atoms with Gasteiger partial charge in [-0.2, -0.15) is 0 Å². The maximum Gasteiger partial charge on any atom is 0.197 e. The number of aromatic nitrogens is 1. The quantitative estimate of drug-likeness (QED) is 0.528. The molecule has 4 rings (SSSR count). The highest BCUT2D eigenvalue weighted by Crippen LogP contribution is 2.39. The van der Waals surface area contributed by atoms with Gasteiger partial charge in [0.15, 0.2) is 5.43 Å². The minimum atomic E-state index is -0.536. The molecule has 1 aliphatic rings. The fourth-order valence-electron chi connectivity index (χ4n) is 2.68. The first-order chi connectivity index (χ1) is 9.86. The van der Waals surface area contributed by atoms with E-state index in [1.165, 1.54) is 0 Å². The number of benzene rings is 2. The van der Waals surface area contributed by atoms with Gasteiger partial charge in [-0.25, -0.2) is 0 Å². The Labute approximate surface area is 119 Å².